The smallest absolute Gasteiger partial charge is 0.310 e. The molecule has 0 radical (unpaired) electrons. The number of aliphatic carboxylic acids is 1. The molecule has 1 N–H and O–H groups in total. The predicted octanol–water partition coefficient (Wildman–Crippen LogP) is 3.39. The van der Waals surface area contributed by atoms with Gasteiger partial charge < -0.3 is 14.9 Å². The summed E-state index contributed by atoms with van der Waals surface area (Å²) in [5, 5.41) is 9.87. The number of amides is 1. The number of carbonyl (C=O) groups excluding carboxylic acids is 1. The largest absolute Gasteiger partial charge is 0.481 e. The Labute approximate surface area is 157 Å². The molecular weight excluding hydrogens is 328 g/mol. The molecule has 1 aromatic carbocycles. The van der Waals surface area contributed by atoms with E-state index in [0.717, 1.165) is 37.8 Å². The van der Waals surface area contributed by atoms with Gasteiger partial charge in [-0.25, -0.2) is 0 Å². The fraction of sp³-hybridized carbons (Fsp3) is 0.619. The Morgan fingerprint density at radius 3 is 2.15 bits per heavy atom. The summed E-state index contributed by atoms with van der Waals surface area (Å²) in [5.74, 6) is -0.847. The van der Waals surface area contributed by atoms with Crippen molar-refractivity contribution in [2.75, 3.05) is 27.2 Å². The number of likely N-dealkylation sites (N-methyl/N-ethyl adjacent to an activating group) is 1. The molecule has 0 saturated heterocycles. The topological polar surface area (TPSA) is 60.9 Å². The Morgan fingerprint density at radius 2 is 1.62 bits per heavy atom. The van der Waals surface area contributed by atoms with E-state index in [4.69, 9.17) is 0 Å². The quantitative estimate of drug-likeness (QED) is 0.722. The first-order valence-corrected chi connectivity index (χ1v) is 9.63. The van der Waals surface area contributed by atoms with Crippen molar-refractivity contribution >= 4 is 11.9 Å². The van der Waals surface area contributed by atoms with Crippen molar-refractivity contribution in [1.29, 1.82) is 0 Å². The lowest BCUT2D eigenvalue weighted by Crippen LogP contribution is -2.41. The van der Waals surface area contributed by atoms with Crippen LogP contribution in [0.25, 0.3) is 0 Å². The van der Waals surface area contributed by atoms with E-state index in [2.05, 4.69) is 0 Å². The van der Waals surface area contributed by atoms with Crippen LogP contribution in [0.5, 0.6) is 0 Å². The Hall–Kier alpha value is -1.88. The number of hydrogen-bond donors (Lipinski definition) is 1. The molecule has 1 saturated carbocycles. The summed E-state index contributed by atoms with van der Waals surface area (Å²) >= 11 is 0. The van der Waals surface area contributed by atoms with Gasteiger partial charge in [-0.1, -0.05) is 56.0 Å². The monoisotopic (exact) mass is 360 g/mol. The number of benzene rings is 1. The molecular formula is C21H32N2O3. The van der Waals surface area contributed by atoms with Crippen LogP contribution in [0.15, 0.2) is 30.3 Å². The van der Waals surface area contributed by atoms with Crippen LogP contribution in [0, 0.1) is 5.41 Å². The first kappa shape index (κ1) is 20.4. The molecule has 1 aromatic rings. The maximum atomic E-state index is 13.1. The highest BCUT2D eigenvalue weighted by molar-refractivity contribution is 5.85. The first-order valence-electron chi connectivity index (χ1n) is 9.63. The number of nitrogens with zero attached hydrogens (tertiary/aromatic N) is 2. The molecule has 5 nitrogen and oxygen atoms in total. The minimum Gasteiger partial charge on any atom is -0.481 e. The van der Waals surface area contributed by atoms with Crippen LogP contribution in [0.3, 0.4) is 0 Å². The fourth-order valence-corrected chi connectivity index (χ4v) is 3.69. The maximum absolute atomic E-state index is 13.1. The molecule has 0 unspecified atom stereocenters. The maximum Gasteiger partial charge on any atom is 0.310 e. The van der Waals surface area contributed by atoms with E-state index in [1.165, 1.54) is 0 Å². The van der Waals surface area contributed by atoms with Crippen LogP contribution in [-0.2, 0) is 16.1 Å². The molecule has 0 aromatic heterocycles. The van der Waals surface area contributed by atoms with Crippen LogP contribution < -0.4 is 0 Å². The molecule has 0 atom stereocenters. The SMILES string of the molecule is CN(C)CCN(Cc1ccccc1)C(=O)CC1(C(=O)O)CCCCCC1. The third-order valence-corrected chi connectivity index (χ3v) is 5.39. The molecule has 1 aliphatic carbocycles. The van der Waals surface area contributed by atoms with E-state index < -0.39 is 11.4 Å². The third-order valence-electron chi connectivity index (χ3n) is 5.39. The van der Waals surface area contributed by atoms with Gasteiger partial charge in [0.25, 0.3) is 0 Å². The molecule has 1 fully saturated rings. The molecule has 26 heavy (non-hydrogen) atoms. The van der Waals surface area contributed by atoms with Crippen molar-refractivity contribution in [3.63, 3.8) is 0 Å². The van der Waals surface area contributed by atoms with Gasteiger partial charge in [-0.15, -0.1) is 0 Å². The summed E-state index contributed by atoms with van der Waals surface area (Å²) in [6.45, 7) is 1.90. The van der Waals surface area contributed by atoms with Crippen LogP contribution >= 0.6 is 0 Å². The normalized spacial score (nSPS) is 16.9. The highest BCUT2D eigenvalue weighted by Gasteiger charge is 2.41. The van der Waals surface area contributed by atoms with Crippen LogP contribution in [0.4, 0.5) is 0 Å². The number of carboxylic acids is 1. The molecule has 5 heteroatoms. The van der Waals surface area contributed by atoms with E-state index in [1.54, 1.807) is 0 Å². The summed E-state index contributed by atoms with van der Waals surface area (Å²) in [5.41, 5.74) is 0.186. The van der Waals surface area contributed by atoms with Crippen molar-refractivity contribution in [2.24, 2.45) is 5.41 Å². The van der Waals surface area contributed by atoms with E-state index in [0.29, 0.717) is 25.9 Å². The van der Waals surface area contributed by atoms with E-state index in [1.807, 2.05) is 54.2 Å². The van der Waals surface area contributed by atoms with E-state index in [9.17, 15) is 14.7 Å². The molecule has 1 amide bonds. The van der Waals surface area contributed by atoms with Crippen molar-refractivity contribution in [3.05, 3.63) is 35.9 Å². The lowest BCUT2D eigenvalue weighted by molar-refractivity contribution is -0.155. The Balaban J connectivity index is 2.13. The van der Waals surface area contributed by atoms with Gasteiger partial charge >= 0.3 is 5.97 Å². The van der Waals surface area contributed by atoms with Gasteiger partial charge in [0.05, 0.1) is 5.41 Å². The second-order valence-electron chi connectivity index (χ2n) is 7.78. The molecule has 0 aliphatic heterocycles. The Bertz CT molecular complexity index is 578. The first-order chi connectivity index (χ1) is 12.4. The van der Waals surface area contributed by atoms with Crippen LogP contribution in [0.2, 0.25) is 0 Å². The number of carbonyl (C=O) groups is 2. The summed E-state index contributed by atoms with van der Waals surface area (Å²) in [6, 6.07) is 9.91. The van der Waals surface area contributed by atoms with Gasteiger partial charge in [0.2, 0.25) is 5.91 Å². The Kier molecular flexibility index (Phi) is 7.64. The van der Waals surface area contributed by atoms with Gasteiger partial charge in [0.15, 0.2) is 0 Å². The van der Waals surface area contributed by atoms with Crippen molar-refractivity contribution in [2.45, 2.75) is 51.5 Å². The highest BCUT2D eigenvalue weighted by Crippen LogP contribution is 2.39. The van der Waals surface area contributed by atoms with Gasteiger partial charge in [0.1, 0.15) is 0 Å². The summed E-state index contributed by atoms with van der Waals surface area (Å²) in [4.78, 5) is 29.0. The third kappa shape index (κ3) is 5.84. The van der Waals surface area contributed by atoms with E-state index in [-0.39, 0.29) is 12.3 Å². The zero-order valence-electron chi connectivity index (χ0n) is 16.1. The second kappa shape index (κ2) is 9.72. The van der Waals surface area contributed by atoms with Gasteiger partial charge in [0, 0.05) is 26.1 Å². The van der Waals surface area contributed by atoms with E-state index >= 15 is 0 Å². The summed E-state index contributed by atoms with van der Waals surface area (Å²) in [6.07, 6.45) is 5.27. The molecule has 0 spiro atoms. The lowest BCUT2D eigenvalue weighted by atomic mass is 9.77. The standard InChI is InChI=1S/C21H32N2O3/c1-22(2)14-15-23(17-18-10-6-5-7-11-18)19(24)16-21(20(25)26)12-8-3-4-9-13-21/h5-7,10-11H,3-4,8-9,12-17H2,1-2H3,(H,25,26). The van der Waals surface area contributed by atoms with Crippen LogP contribution in [0.1, 0.15) is 50.5 Å². The lowest BCUT2D eigenvalue weighted by Gasteiger charge is -2.31. The summed E-state index contributed by atoms with van der Waals surface area (Å²) in [7, 11) is 3.96. The zero-order chi connectivity index (χ0) is 19.0. The van der Waals surface area contributed by atoms with Gasteiger partial charge in [-0.05, 0) is 32.5 Å². The predicted molar refractivity (Wildman–Crippen MR) is 103 cm³/mol. The minimum absolute atomic E-state index is 0.0417. The van der Waals surface area contributed by atoms with Crippen molar-refractivity contribution in [3.8, 4) is 0 Å². The fourth-order valence-electron chi connectivity index (χ4n) is 3.69. The highest BCUT2D eigenvalue weighted by atomic mass is 16.4. The number of rotatable bonds is 8. The van der Waals surface area contributed by atoms with Crippen molar-refractivity contribution < 1.29 is 14.7 Å². The molecule has 0 heterocycles. The average molecular weight is 360 g/mol. The molecule has 0 bridgehead atoms. The Morgan fingerprint density at radius 1 is 1.00 bits per heavy atom. The zero-order valence-corrected chi connectivity index (χ0v) is 16.1. The molecule has 2 rings (SSSR count). The average Bonchev–Trinajstić information content (AvgIpc) is 2.85. The second-order valence-corrected chi connectivity index (χ2v) is 7.78. The van der Waals surface area contributed by atoms with Crippen LogP contribution in [-0.4, -0.2) is 54.0 Å². The summed E-state index contributed by atoms with van der Waals surface area (Å²) < 4.78 is 0. The van der Waals surface area contributed by atoms with Gasteiger partial charge in [-0.2, -0.15) is 0 Å². The van der Waals surface area contributed by atoms with Crippen molar-refractivity contribution in [1.82, 2.24) is 9.80 Å². The number of carboxylic acid groups (broad SMARTS) is 1. The number of hydrogen-bond acceptors (Lipinski definition) is 3. The molecule has 1 aliphatic rings. The molecule has 144 valence electrons. The van der Waals surface area contributed by atoms with Gasteiger partial charge in [-0.3, -0.25) is 9.59 Å². The minimum atomic E-state index is -0.888.